The van der Waals surface area contributed by atoms with E-state index < -0.39 is 0 Å². The van der Waals surface area contributed by atoms with Crippen LogP contribution in [0.15, 0.2) is 54.6 Å². The van der Waals surface area contributed by atoms with Gasteiger partial charge in [0.1, 0.15) is 11.5 Å². The lowest BCUT2D eigenvalue weighted by atomic mass is 9.73. The molecule has 4 atom stereocenters. The number of methoxy groups -OCH3 is 1. The smallest absolute Gasteiger partial charge is 0.163 e. The summed E-state index contributed by atoms with van der Waals surface area (Å²) in [5, 5.41) is 0. The van der Waals surface area contributed by atoms with Crippen LogP contribution in [-0.2, 0) is 4.79 Å². The summed E-state index contributed by atoms with van der Waals surface area (Å²) >= 11 is 0. The first kappa shape index (κ1) is 18.9. The second kappa shape index (κ2) is 7.88. The third-order valence-electron chi connectivity index (χ3n) is 6.60. The molecule has 0 N–H and O–H groups in total. The van der Waals surface area contributed by atoms with Crippen molar-refractivity contribution < 1.29 is 14.3 Å². The maximum absolute atomic E-state index is 13.1. The molecule has 0 aliphatic carbocycles. The van der Waals surface area contributed by atoms with E-state index in [9.17, 15) is 9.59 Å². The minimum atomic E-state index is -0.134. The largest absolute Gasteiger partial charge is 0.497 e. The molecular formula is C24H27NO3. The normalized spacial score (nSPS) is 25.5. The Morgan fingerprint density at radius 3 is 2.50 bits per heavy atom. The van der Waals surface area contributed by atoms with Gasteiger partial charge in [-0.2, -0.15) is 0 Å². The number of carbonyl (C=O) groups excluding carboxylic acids is 2. The molecular weight excluding hydrogens is 350 g/mol. The first-order chi connectivity index (χ1) is 13.6. The van der Waals surface area contributed by atoms with Crippen LogP contribution in [0.4, 0.5) is 0 Å². The number of ketones is 2. The quantitative estimate of drug-likeness (QED) is 0.711. The zero-order valence-corrected chi connectivity index (χ0v) is 16.5. The molecule has 2 aromatic rings. The summed E-state index contributed by atoms with van der Waals surface area (Å²) in [5.74, 6) is 0.941. The van der Waals surface area contributed by atoms with E-state index in [2.05, 4.69) is 11.9 Å². The summed E-state index contributed by atoms with van der Waals surface area (Å²) in [5.41, 5.74) is 1.75. The van der Waals surface area contributed by atoms with Crippen molar-refractivity contribution in [1.29, 1.82) is 0 Å². The van der Waals surface area contributed by atoms with Crippen molar-refractivity contribution in [3.05, 3.63) is 65.7 Å². The number of hydrogen-bond acceptors (Lipinski definition) is 4. The Bertz CT molecular complexity index is 846. The van der Waals surface area contributed by atoms with Crippen LogP contribution >= 0.6 is 0 Å². The standard InChI is InChI=1S/C24H27NO3/c1-25-18-10-13-21(25)24(23(27)14-18)20(16-8-11-19(28-2)12-9-16)15-22(26)17-6-4-3-5-7-17/h3-9,11-12,18,20-21,24H,10,13-15H2,1-2H3/t18-,20+,21-,24-/m1/s1. The fourth-order valence-electron chi connectivity index (χ4n) is 5.04. The highest BCUT2D eigenvalue weighted by atomic mass is 16.5. The molecule has 2 saturated heterocycles. The van der Waals surface area contributed by atoms with Gasteiger partial charge in [0.05, 0.1) is 7.11 Å². The number of benzene rings is 2. The highest BCUT2D eigenvalue weighted by molar-refractivity contribution is 5.97. The van der Waals surface area contributed by atoms with E-state index in [1.165, 1.54) is 0 Å². The van der Waals surface area contributed by atoms with E-state index in [-0.39, 0.29) is 23.7 Å². The van der Waals surface area contributed by atoms with Crippen LogP contribution < -0.4 is 4.74 Å². The maximum atomic E-state index is 13.1. The number of fused-ring (bicyclic) bond motifs is 2. The molecule has 2 bridgehead atoms. The third kappa shape index (κ3) is 3.49. The highest BCUT2D eigenvalue weighted by Crippen LogP contribution is 2.44. The van der Waals surface area contributed by atoms with Gasteiger partial charge in [-0.25, -0.2) is 0 Å². The van der Waals surface area contributed by atoms with Crippen molar-refractivity contribution >= 4 is 11.6 Å². The average Bonchev–Trinajstić information content (AvgIpc) is 2.97. The molecule has 4 heteroatoms. The Morgan fingerprint density at radius 1 is 1.11 bits per heavy atom. The monoisotopic (exact) mass is 377 g/mol. The van der Waals surface area contributed by atoms with E-state index >= 15 is 0 Å². The van der Waals surface area contributed by atoms with Gasteiger partial charge in [-0.3, -0.25) is 14.5 Å². The Labute approximate surface area is 166 Å². The first-order valence-corrected chi connectivity index (χ1v) is 10.1. The van der Waals surface area contributed by atoms with Gasteiger partial charge in [-0.1, -0.05) is 42.5 Å². The Hall–Kier alpha value is -2.46. The Balaban J connectivity index is 1.68. The van der Waals surface area contributed by atoms with E-state index in [1.807, 2.05) is 54.6 Å². The predicted octanol–water partition coefficient (Wildman–Crippen LogP) is 4.10. The van der Waals surface area contributed by atoms with Gasteiger partial charge in [-0.15, -0.1) is 0 Å². The molecule has 2 aromatic carbocycles. The molecule has 0 unspecified atom stereocenters. The van der Waals surface area contributed by atoms with Gasteiger partial charge in [0.2, 0.25) is 0 Å². The SMILES string of the molecule is COc1ccc([C@H](CC(=O)c2ccccc2)[C@H]2C(=O)C[C@H]3CC[C@H]2N3C)cc1. The summed E-state index contributed by atoms with van der Waals surface area (Å²) in [7, 11) is 3.77. The van der Waals surface area contributed by atoms with Gasteiger partial charge < -0.3 is 4.74 Å². The van der Waals surface area contributed by atoms with Crippen LogP contribution in [0.1, 0.15) is 47.5 Å². The third-order valence-corrected chi connectivity index (χ3v) is 6.60. The fourth-order valence-corrected chi connectivity index (χ4v) is 5.04. The van der Waals surface area contributed by atoms with E-state index in [4.69, 9.17) is 4.74 Å². The second-order valence-electron chi connectivity index (χ2n) is 8.03. The number of hydrogen-bond donors (Lipinski definition) is 0. The van der Waals surface area contributed by atoms with Gasteiger partial charge in [0.15, 0.2) is 5.78 Å². The van der Waals surface area contributed by atoms with Crippen molar-refractivity contribution in [2.75, 3.05) is 14.2 Å². The number of ether oxygens (including phenoxy) is 1. The van der Waals surface area contributed by atoms with Gasteiger partial charge in [0, 0.05) is 42.3 Å². The van der Waals surface area contributed by atoms with Crippen LogP contribution in [0.3, 0.4) is 0 Å². The number of Topliss-reactive ketones (excluding diaryl/α,β-unsaturated/α-hetero) is 2. The van der Waals surface area contributed by atoms with Crippen LogP contribution in [-0.4, -0.2) is 42.7 Å². The summed E-state index contributed by atoms with van der Waals surface area (Å²) < 4.78 is 5.29. The van der Waals surface area contributed by atoms with Crippen molar-refractivity contribution in [2.45, 2.75) is 43.7 Å². The molecule has 2 aliphatic heterocycles. The topological polar surface area (TPSA) is 46.6 Å². The lowest BCUT2D eigenvalue weighted by Gasteiger charge is -2.40. The molecule has 0 radical (unpaired) electrons. The van der Waals surface area contributed by atoms with Crippen molar-refractivity contribution in [2.24, 2.45) is 5.92 Å². The predicted molar refractivity (Wildman–Crippen MR) is 109 cm³/mol. The van der Waals surface area contributed by atoms with Gasteiger partial charge in [-0.05, 0) is 37.6 Å². The van der Waals surface area contributed by atoms with Crippen LogP contribution in [0.5, 0.6) is 5.75 Å². The lowest BCUT2D eigenvalue weighted by Crippen LogP contribution is -2.49. The Morgan fingerprint density at radius 2 is 1.82 bits per heavy atom. The van der Waals surface area contributed by atoms with Crippen LogP contribution in [0.2, 0.25) is 0 Å². The molecule has 146 valence electrons. The maximum Gasteiger partial charge on any atom is 0.163 e. The molecule has 0 aromatic heterocycles. The van der Waals surface area contributed by atoms with Crippen LogP contribution in [0.25, 0.3) is 0 Å². The summed E-state index contributed by atoms with van der Waals surface area (Å²) in [6.45, 7) is 0. The molecule has 2 fully saturated rings. The fraction of sp³-hybridized carbons (Fsp3) is 0.417. The summed E-state index contributed by atoms with van der Waals surface area (Å²) in [6, 6.07) is 17.8. The van der Waals surface area contributed by atoms with Crippen molar-refractivity contribution in [1.82, 2.24) is 4.90 Å². The van der Waals surface area contributed by atoms with Crippen molar-refractivity contribution in [3.63, 3.8) is 0 Å². The average molecular weight is 377 g/mol. The molecule has 4 rings (SSSR count). The number of piperidine rings is 1. The Kier molecular flexibility index (Phi) is 5.31. The number of rotatable bonds is 6. The zero-order valence-electron chi connectivity index (χ0n) is 16.5. The lowest BCUT2D eigenvalue weighted by molar-refractivity contribution is -0.129. The first-order valence-electron chi connectivity index (χ1n) is 10.1. The van der Waals surface area contributed by atoms with Crippen LogP contribution in [0, 0.1) is 5.92 Å². The summed E-state index contributed by atoms with van der Waals surface area (Å²) in [6.07, 6.45) is 3.06. The molecule has 2 aliphatic rings. The molecule has 2 heterocycles. The van der Waals surface area contributed by atoms with Gasteiger partial charge in [0.25, 0.3) is 0 Å². The van der Waals surface area contributed by atoms with E-state index in [0.29, 0.717) is 30.2 Å². The molecule has 0 saturated carbocycles. The van der Waals surface area contributed by atoms with E-state index in [0.717, 1.165) is 24.2 Å². The molecule has 0 amide bonds. The summed E-state index contributed by atoms with van der Waals surface area (Å²) in [4.78, 5) is 28.5. The highest BCUT2D eigenvalue weighted by Gasteiger charge is 2.48. The second-order valence-corrected chi connectivity index (χ2v) is 8.03. The zero-order chi connectivity index (χ0) is 19.7. The minimum Gasteiger partial charge on any atom is -0.497 e. The van der Waals surface area contributed by atoms with E-state index in [1.54, 1.807) is 7.11 Å². The molecule has 0 spiro atoms. The number of carbonyl (C=O) groups is 2. The molecule has 28 heavy (non-hydrogen) atoms. The minimum absolute atomic E-state index is 0.0944. The number of nitrogens with zero attached hydrogens (tertiary/aromatic N) is 1. The molecule has 4 nitrogen and oxygen atoms in total. The van der Waals surface area contributed by atoms with Crippen molar-refractivity contribution in [3.8, 4) is 5.75 Å². The van der Waals surface area contributed by atoms with Gasteiger partial charge >= 0.3 is 0 Å².